The molecule has 0 saturated carbocycles. The van der Waals surface area contributed by atoms with Crippen LogP contribution < -0.4 is 16.2 Å². The summed E-state index contributed by atoms with van der Waals surface area (Å²) in [5.74, 6) is -0.784. The number of esters is 1. The maximum Gasteiger partial charge on any atom is 0.338 e. The van der Waals surface area contributed by atoms with Crippen molar-refractivity contribution in [3.8, 4) is 0 Å². The Morgan fingerprint density at radius 3 is 2.81 bits per heavy atom. The van der Waals surface area contributed by atoms with Gasteiger partial charge in [0.05, 0.1) is 16.5 Å². The molecule has 3 rings (SSSR count). The minimum Gasteiger partial charge on any atom is -0.449 e. The summed E-state index contributed by atoms with van der Waals surface area (Å²) in [6.45, 7) is 2.01. The first-order valence-corrected chi connectivity index (χ1v) is 8.17. The molecule has 9 nitrogen and oxygen atoms in total. The standard InChI is InChI=1S/C17H18N4O5/c1-9(14(22)20-17(25)18-2)26-16(24)10-5-6-11-12(8-10)19-13-4-3-7-21(13)15(11)23/h5-6,8-9H,3-4,7H2,1-2H3,(H2,18,20,22,25)/t9-/m1/s1. The van der Waals surface area contributed by atoms with Gasteiger partial charge in [-0.25, -0.2) is 14.6 Å². The van der Waals surface area contributed by atoms with Gasteiger partial charge in [0.1, 0.15) is 5.82 Å². The minimum absolute atomic E-state index is 0.124. The highest BCUT2D eigenvalue weighted by molar-refractivity contribution is 5.99. The Morgan fingerprint density at radius 2 is 2.08 bits per heavy atom. The molecule has 2 heterocycles. The van der Waals surface area contributed by atoms with Crippen molar-refractivity contribution in [3.63, 3.8) is 0 Å². The first kappa shape index (κ1) is 17.6. The van der Waals surface area contributed by atoms with E-state index in [1.165, 1.54) is 32.2 Å². The van der Waals surface area contributed by atoms with Gasteiger partial charge in [0.25, 0.3) is 11.5 Å². The summed E-state index contributed by atoms with van der Waals surface area (Å²) in [7, 11) is 1.36. The van der Waals surface area contributed by atoms with Crippen LogP contribution in [0.4, 0.5) is 4.79 Å². The molecule has 0 aliphatic carbocycles. The van der Waals surface area contributed by atoms with Gasteiger partial charge in [-0.05, 0) is 31.5 Å². The van der Waals surface area contributed by atoms with E-state index in [1.807, 2.05) is 5.32 Å². The topological polar surface area (TPSA) is 119 Å². The van der Waals surface area contributed by atoms with Crippen LogP contribution in [-0.2, 0) is 22.5 Å². The van der Waals surface area contributed by atoms with Crippen LogP contribution in [0.2, 0.25) is 0 Å². The van der Waals surface area contributed by atoms with Crippen molar-refractivity contribution >= 4 is 28.8 Å². The quantitative estimate of drug-likeness (QED) is 0.764. The smallest absolute Gasteiger partial charge is 0.338 e. The van der Waals surface area contributed by atoms with E-state index in [0.717, 1.165) is 12.8 Å². The zero-order valence-corrected chi connectivity index (χ0v) is 14.4. The van der Waals surface area contributed by atoms with E-state index in [1.54, 1.807) is 4.57 Å². The fourth-order valence-corrected chi connectivity index (χ4v) is 2.77. The van der Waals surface area contributed by atoms with Gasteiger partial charge in [-0.3, -0.25) is 19.5 Å². The lowest BCUT2D eigenvalue weighted by Crippen LogP contribution is -2.43. The number of amides is 3. The normalized spacial score (nSPS) is 13.8. The van der Waals surface area contributed by atoms with Gasteiger partial charge in [-0.15, -0.1) is 0 Å². The Labute approximate surface area is 148 Å². The van der Waals surface area contributed by atoms with Crippen molar-refractivity contribution in [3.05, 3.63) is 39.9 Å². The number of aromatic nitrogens is 2. The van der Waals surface area contributed by atoms with Gasteiger partial charge in [-0.1, -0.05) is 0 Å². The molecule has 1 atom stereocenters. The van der Waals surface area contributed by atoms with Crippen molar-refractivity contribution in [2.45, 2.75) is 32.4 Å². The summed E-state index contributed by atoms with van der Waals surface area (Å²) >= 11 is 0. The number of ether oxygens (including phenoxy) is 1. The summed E-state index contributed by atoms with van der Waals surface area (Å²) in [4.78, 5) is 52.0. The second-order valence-corrected chi connectivity index (χ2v) is 5.94. The molecule has 1 aliphatic heterocycles. The van der Waals surface area contributed by atoms with Gasteiger partial charge in [-0.2, -0.15) is 0 Å². The SMILES string of the molecule is CNC(=O)NC(=O)[C@@H](C)OC(=O)c1ccc2c(=O)n3c(nc2c1)CCC3. The first-order valence-electron chi connectivity index (χ1n) is 8.17. The molecule has 1 aromatic heterocycles. The Bertz CT molecular complexity index is 966. The number of carbonyl (C=O) groups excluding carboxylic acids is 3. The number of hydrogen-bond donors (Lipinski definition) is 2. The number of rotatable bonds is 3. The van der Waals surface area contributed by atoms with Crippen LogP contribution in [-0.4, -0.2) is 40.6 Å². The molecule has 9 heteroatoms. The molecule has 26 heavy (non-hydrogen) atoms. The van der Waals surface area contributed by atoms with E-state index in [2.05, 4.69) is 10.3 Å². The predicted molar refractivity (Wildman–Crippen MR) is 91.8 cm³/mol. The molecule has 0 bridgehead atoms. The van der Waals surface area contributed by atoms with E-state index >= 15 is 0 Å². The zero-order valence-electron chi connectivity index (χ0n) is 14.4. The molecule has 0 unspecified atom stereocenters. The third-order valence-electron chi connectivity index (χ3n) is 4.17. The molecule has 0 spiro atoms. The van der Waals surface area contributed by atoms with Gasteiger partial charge in [0.2, 0.25) is 0 Å². The number of nitrogens with zero attached hydrogens (tertiary/aromatic N) is 2. The van der Waals surface area contributed by atoms with Crippen LogP contribution in [0.15, 0.2) is 23.0 Å². The van der Waals surface area contributed by atoms with Gasteiger partial charge in [0, 0.05) is 20.0 Å². The molecule has 2 aromatic rings. The zero-order chi connectivity index (χ0) is 18.8. The molecular weight excluding hydrogens is 340 g/mol. The molecule has 3 amide bonds. The maximum atomic E-state index is 12.4. The van der Waals surface area contributed by atoms with Crippen molar-refractivity contribution in [2.24, 2.45) is 0 Å². The van der Waals surface area contributed by atoms with Gasteiger partial charge in [0.15, 0.2) is 6.10 Å². The molecule has 1 aromatic carbocycles. The second kappa shape index (κ2) is 6.95. The van der Waals surface area contributed by atoms with Crippen molar-refractivity contribution in [1.29, 1.82) is 0 Å². The van der Waals surface area contributed by atoms with Crippen molar-refractivity contribution in [1.82, 2.24) is 20.2 Å². The summed E-state index contributed by atoms with van der Waals surface area (Å²) in [6, 6.07) is 3.77. The average Bonchev–Trinajstić information content (AvgIpc) is 3.09. The summed E-state index contributed by atoms with van der Waals surface area (Å²) in [6.07, 6.45) is 0.427. The molecule has 1 aliphatic rings. The number of nitrogens with one attached hydrogen (secondary N) is 2. The molecule has 2 N–H and O–H groups in total. The highest BCUT2D eigenvalue weighted by Gasteiger charge is 2.22. The molecule has 0 saturated heterocycles. The van der Waals surface area contributed by atoms with Crippen LogP contribution in [0, 0.1) is 0 Å². The monoisotopic (exact) mass is 358 g/mol. The summed E-state index contributed by atoms with van der Waals surface area (Å²) < 4.78 is 6.72. The fourth-order valence-electron chi connectivity index (χ4n) is 2.77. The lowest BCUT2D eigenvalue weighted by Gasteiger charge is -2.13. The number of fused-ring (bicyclic) bond motifs is 2. The highest BCUT2D eigenvalue weighted by atomic mass is 16.5. The lowest BCUT2D eigenvalue weighted by molar-refractivity contribution is -0.127. The van der Waals surface area contributed by atoms with Crippen LogP contribution in [0.3, 0.4) is 0 Å². The fraction of sp³-hybridized carbons (Fsp3) is 0.353. The van der Waals surface area contributed by atoms with Crippen LogP contribution >= 0.6 is 0 Å². The summed E-state index contributed by atoms with van der Waals surface area (Å²) in [5.41, 5.74) is 0.466. The molecule has 0 radical (unpaired) electrons. The number of hydrogen-bond acceptors (Lipinski definition) is 6. The highest BCUT2D eigenvalue weighted by Crippen LogP contribution is 2.17. The van der Waals surface area contributed by atoms with Crippen molar-refractivity contribution < 1.29 is 19.1 Å². The lowest BCUT2D eigenvalue weighted by atomic mass is 10.1. The van der Waals surface area contributed by atoms with Gasteiger partial charge < -0.3 is 10.1 Å². The third kappa shape index (κ3) is 3.28. The van der Waals surface area contributed by atoms with E-state index in [4.69, 9.17) is 4.74 Å². The molecule has 0 fully saturated rings. The number of imide groups is 1. The Balaban J connectivity index is 1.81. The van der Waals surface area contributed by atoms with Gasteiger partial charge >= 0.3 is 12.0 Å². The maximum absolute atomic E-state index is 12.4. The van der Waals surface area contributed by atoms with Crippen molar-refractivity contribution in [2.75, 3.05) is 7.05 Å². The van der Waals surface area contributed by atoms with E-state index in [0.29, 0.717) is 23.3 Å². The Kier molecular flexibility index (Phi) is 4.70. The Morgan fingerprint density at radius 1 is 1.31 bits per heavy atom. The summed E-state index contributed by atoms with van der Waals surface area (Å²) in [5, 5.41) is 4.69. The van der Waals surface area contributed by atoms with Crippen LogP contribution in [0.25, 0.3) is 10.9 Å². The van der Waals surface area contributed by atoms with Crippen LogP contribution in [0.5, 0.6) is 0 Å². The number of aryl methyl sites for hydroxylation is 1. The number of carbonyl (C=O) groups is 3. The van der Waals surface area contributed by atoms with Crippen LogP contribution in [0.1, 0.15) is 29.5 Å². The first-order chi connectivity index (χ1) is 12.4. The predicted octanol–water partition coefficient (Wildman–Crippen LogP) is 0.344. The van der Waals surface area contributed by atoms with E-state index in [9.17, 15) is 19.2 Å². The van der Waals surface area contributed by atoms with E-state index < -0.39 is 24.0 Å². The number of urea groups is 1. The van der Waals surface area contributed by atoms with E-state index in [-0.39, 0.29) is 11.1 Å². The minimum atomic E-state index is -1.16. The Hall–Kier alpha value is -3.23. The second-order valence-electron chi connectivity index (χ2n) is 5.94. The number of benzene rings is 1. The molecular formula is C17H18N4O5. The largest absolute Gasteiger partial charge is 0.449 e. The third-order valence-corrected chi connectivity index (χ3v) is 4.17. The molecule has 136 valence electrons. The average molecular weight is 358 g/mol.